The van der Waals surface area contributed by atoms with Crippen LogP contribution in [0.15, 0.2) is 42.5 Å². The lowest BCUT2D eigenvalue weighted by atomic mass is 9.97. The van der Waals surface area contributed by atoms with E-state index in [2.05, 4.69) is 10.6 Å². The molecule has 2 N–H and O–H groups in total. The summed E-state index contributed by atoms with van der Waals surface area (Å²) < 4.78 is 4.71. The molecule has 0 aromatic heterocycles. The lowest BCUT2D eigenvalue weighted by molar-refractivity contribution is -0.114. The lowest BCUT2D eigenvalue weighted by Crippen LogP contribution is -2.27. The normalized spacial score (nSPS) is 12.7. The number of benzene rings is 2. The molecule has 0 aliphatic carbocycles. The highest BCUT2D eigenvalue weighted by Gasteiger charge is 2.21. The molecule has 0 saturated heterocycles. The zero-order valence-corrected chi connectivity index (χ0v) is 12.4. The average molecular weight is 310 g/mol. The average Bonchev–Trinajstić information content (AvgIpc) is 2.59. The molecule has 0 bridgehead atoms. The first-order valence-electron chi connectivity index (χ1n) is 7.00. The Hall–Kier alpha value is -3.15. The molecule has 0 unspecified atom stereocenters. The maximum Gasteiger partial charge on any atom is 0.338 e. The molecule has 6 nitrogen and oxygen atoms in total. The molecule has 3 rings (SSSR count). The fourth-order valence-corrected chi connectivity index (χ4v) is 2.44. The molecule has 0 atom stereocenters. The van der Waals surface area contributed by atoms with E-state index in [4.69, 9.17) is 4.74 Å². The highest BCUT2D eigenvalue weighted by Crippen LogP contribution is 2.27. The van der Waals surface area contributed by atoms with Gasteiger partial charge in [-0.25, -0.2) is 4.79 Å². The summed E-state index contributed by atoms with van der Waals surface area (Å²) in [5.74, 6) is -1.05. The van der Waals surface area contributed by atoms with Gasteiger partial charge >= 0.3 is 5.97 Å². The second kappa shape index (κ2) is 5.92. The minimum absolute atomic E-state index is 0.169. The highest BCUT2D eigenvalue weighted by atomic mass is 16.5. The summed E-state index contributed by atoms with van der Waals surface area (Å²) in [4.78, 5) is 36.0. The van der Waals surface area contributed by atoms with Gasteiger partial charge in [0.1, 0.15) is 0 Å². The topological polar surface area (TPSA) is 84.5 Å². The van der Waals surface area contributed by atoms with Crippen molar-refractivity contribution >= 4 is 29.0 Å². The first-order valence-corrected chi connectivity index (χ1v) is 7.00. The van der Waals surface area contributed by atoms with Crippen LogP contribution >= 0.6 is 0 Å². The number of carbonyl (C=O) groups excluding carboxylic acids is 3. The summed E-state index contributed by atoms with van der Waals surface area (Å²) in [6.45, 7) is 0.200. The van der Waals surface area contributed by atoms with Crippen LogP contribution in [0.5, 0.6) is 0 Å². The van der Waals surface area contributed by atoms with E-state index >= 15 is 0 Å². The van der Waals surface area contributed by atoms with E-state index in [9.17, 15) is 14.4 Å². The maximum absolute atomic E-state index is 12.7. The lowest BCUT2D eigenvalue weighted by Gasteiger charge is -2.19. The molecule has 2 aromatic rings. The second-order valence-electron chi connectivity index (χ2n) is 5.03. The van der Waals surface area contributed by atoms with E-state index in [0.717, 1.165) is 5.69 Å². The Morgan fingerprint density at radius 2 is 1.78 bits per heavy atom. The third-order valence-electron chi connectivity index (χ3n) is 3.57. The number of anilines is 2. The molecule has 0 fully saturated rings. The summed E-state index contributed by atoms with van der Waals surface area (Å²) in [5.41, 5.74) is 2.14. The Morgan fingerprint density at radius 3 is 2.52 bits per heavy atom. The van der Waals surface area contributed by atoms with Gasteiger partial charge in [0.2, 0.25) is 5.91 Å². The molecule has 0 saturated carbocycles. The van der Waals surface area contributed by atoms with Crippen molar-refractivity contribution in [2.45, 2.75) is 0 Å². The number of amides is 1. The van der Waals surface area contributed by atoms with Crippen LogP contribution < -0.4 is 10.6 Å². The van der Waals surface area contributed by atoms with Crippen molar-refractivity contribution in [1.82, 2.24) is 0 Å². The van der Waals surface area contributed by atoms with Gasteiger partial charge in [0.15, 0.2) is 5.78 Å². The fourth-order valence-electron chi connectivity index (χ4n) is 2.44. The second-order valence-corrected chi connectivity index (χ2v) is 5.03. The minimum atomic E-state index is -0.568. The molecular formula is C17H14N2O4. The third-order valence-corrected chi connectivity index (χ3v) is 3.57. The van der Waals surface area contributed by atoms with Crippen LogP contribution in [0.2, 0.25) is 0 Å². The van der Waals surface area contributed by atoms with Crippen molar-refractivity contribution in [2.75, 3.05) is 24.3 Å². The third kappa shape index (κ3) is 2.78. The minimum Gasteiger partial charge on any atom is -0.465 e. The number of esters is 1. The SMILES string of the molecule is COC(=O)c1ccccc1C(=O)c1ccc2c(c1)NC(=O)CN2. The Balaban J connectivity index is 2.00. The van der Waals surface area contributed by atoms with Crippen molar-refractivity contribution in [2.24, 2.45) is 0 Å². The number of hydrogen-bond donors (Lipinski definition) is 2. The largest absolute Gasteiger partial charge is 0.465 e. The van der Waals surface area contributed by atoms with Crippen LogP contribution in [0.1, 0.15) is 26.3 Å². The number of methoxy groups -OCH3 is 1. The number of hydrogen-bond acceptors (Lipinski definition) is 5. The van der Waals surface area contributed by atoms with Gasteiger partial charge in [0, 0.05) is 11.1 Å². The molecule has 1 aliphatic heterocycles. The van der Waals surface area contributed by atoms with E-state index in [0.29, 0.717) is 11.3 Å². The fraction of sp³-hybridized carbons (Fsp3) is 0.118. The van der Waals surface area contributed by atoms with Crippen LogP contribution in [0.25, 0.3) is 0 Å². The van der Waals surface area contributed by atoms with Gasteiger partial charge in [0.25, 0.3) is 0 Å². The first kappa shape index (κ1) is 14.8. The van der Waals surface area contributed by atoms with Crippen molar-refractivity contribution < 1.29 is 19.1 Å². The summed E-state index contributed by atoms with van der Waals surface area (Å²) in [6, 6.07) is 11.4. The molecule has 23 heavy (non-hydrogen) atoms. The van der Waals surface area contributed by atoms with E-state index < -0.39 is 5.97 Å². The number of ether oxygens (including phenoxy) is 1. The van der Waals surface area contributed by atoms with Gasteiger partial charge in [0.05, 0.1) is 30.6 Å². The number of fused-ring (bicyclic) bond motifs is 1. The Morgan fingerprint density at radius 1 is 1.04 bits per heavy atom. The maximum atomic E-state index is 12.7. The van der Waals surface area contributed by atoms with Crippen LogP contribution in [0, 0.1) is 0 Å². The molecule has 1 amide bonds. The molecule has 6 heteroatoms. The van der Waals surface area contributed by atoms with Gasteiger partial charge < -0.3 is 15.4 Å². The van der Waals surface area contributed by atoms with Gasteiger partial charge in [-0.3, -0.25) is 9.59 Å². The zero-order valence-electron chi connectivity index (χ0n) is 12.4. The van der Waals surface area contributed by atoms with Crippen molar-refractivity contribution in [3.63, 3.8) is 0 Å². The zero-order chi connectivity index (χ0) is 16.4. The predicted molar refractivity (Wildman–Crippen MR) is 84.8 cm³/mol. The van der Waals surface area contributed by atoms with Crippen molar-refractivity contribution in [3.8, 4) is 0 Å². The van der Waals surface area contributed by atoms with Gasteiger partial charge in [-0.2, -0.15) is 0 Å². The summed E-state index contributed by atoms with van der Waals surface area (Å²) in [7, 11) is 1.27. The Bertz CT molecular complexity index is 814. The van der Waals surface area contributed by atoms with E-state index in [1.165, 1.54) is 7.11 Å². The standard InChI is InChI=1S/C17H14N2O4/c1-23-17(22)12-5-3-2-4-11(12)16(21)10-6-7-13-14(8-10)19-15(20)9-18-13/h2-8,18H,9H2,1H3,(H,19,20). The predicted octanol–water partition coefficient (Wildman–Crippen LogP) is 2.07. The highest BCUT2D eigenvalue weighted by molar-refractivity contribution is 6.15. The van der Waals surface area contributed by atoms with Crippen LogP contribution in [0.4, 0.5) is 11.4 Å². The first-order chi connectivity index (χ1) is 11.1. The van der Waals surface area contributed by atoms with Gasteiger partial charge in [-0.05, 0) is 24.3 Å². The number of nitrogens with one attached hydrogen (secondary N) is 2. The Kier molecular flexibility index (Phi) is 3.80. The van der Waals surface area contributed by atoms with E-state index in [1.54, 1.807) is 42.5 Å². The summed E-state index contributed by atoms with van der Waals surface area (Å²) >= 11 is 0. The molecule has 0 radical (unpaired) electrons. The van der Waals surface area contributed by atoms with Crippen LogP contribution in [-0.4, -0.2) is 31.3 Å². The molecule has 0 spiro atoms. The molecule has 2 aromatic carbocycles. The van der Waals surface area contributed by atoms with Crippen LogP contribution in [0.3, 0.4) is 0 Å². The van der Waals surface area contributed by atoms with Crippen molar-refractivity contribution in [1.29, 1.82) is 0 Å². The van der Waals surface area contributed by atoms with Gasteiger partial charge in [-0.15, -0.1) is 0 Å². The van der Waals surface area contributed by atoms with Crippen molar-refractivity contribution in [3.05, 3.63) is 59.2 Å². The Labute approximate surface area is 132 Å². The molecule has 1 heterocycles. The smallest absolute Gasteiger partial charge is 0.338 e. The van der Waals surface area contributed by atoms with Gasteiger partial charge in [-0.1, -0.05) is 18.2 Å². The van der Waals surface area contributed by atoms with Crippen LogP contribution in [-0.2, 0) is 9.53 Å². The molecule has 116 valence electrons. The molecular weight excluding hydrogens is 296 g/mol. The number of ketones is 1. The number of rotatable bonds is 3. The molecule has 1 aliphatic rings. The quantitative estimate of drug-likeness (QED) is 0.669. The van der Waals surface area contributed by atoms with E-state index in [1.807, 2.05) is 0 Å². The number of carbonyl (C=O) groups is 3. The summed E-state index contributed by atoms with van der Waals surface area (Å²) in [5, 5.41) is 5.67. The monoisotopic (exact) mass is 310 g/mol. The van der Waals surface area contributed by atoms with E-state index in [-0.39, 0.29) is 29.4 Å². The summed E-state index contributed by atoms with van der Waals surface area (Å²) in [6.07, 6.45) is 0.